The molecule has 1 aromatic heterocycles. The zero-order chi connectivity index (χ0) is 11.4. The first-order valence-electron chi connectivity index (χ1n) is 5.56. The van der Waals surface area contributed by atoms with Crippen LogP contribution < -0.4 is 5.32 Å². The Balaban J connectivity index is 2.13. The zero-order valence-corrected chi connectivity index (χ0v) is 10.6. The van der Waals surface area contributed by atoms with Crippen molar-refractivity contribution in [2.24, 2.45) is 0 Å². The minimum absolute atomic E-state index is 0.432. The summed E-state index contributed by atoms with van der Waals surface area (Å²) in [6.45, 7) is 2.14. The van der Waals surface area contributed by atoms with Crippen LogP contribution in [0.25, 0.3) is 0 Å². The van der Waals surface area contributed by atoms with Gasteiger partial charge in [-0.05, 0) is 37.4 Å². The third-order valence-corrected chi connectivity index (χ3v) is 3.74. The molecule has 0 aliphatic rings. The number of thiophene rings is 1. The van der Waals surface area contributed by atoms with Crippen LogP contribution in [0, 0.1) is 6.92 Å². The molecule has 1 nitrogen and oxygen atoms in total. The molecule has 1 aromatic carbocycles. The first kappa shape index (κ1) is 11.4. The minimum Gasteiger partial charge on any atom is -0.312 e. The van der Waals surface area contributed by atoms with Gasteiger partial charge in [0.2, 0.25) is 0 Å². The van der Waals surface area contributed by atoms with Crippen molar-refractivity contribution < 1.29 is 0 Å². The molecule has 2 aromatic rings. The fourth-order valence-corrected chi connectivity index (χ4v) is 2.75. The fraction of sp³-hybridized carbons (Fsp3) is 0.286. The first-order chi connectivity index (χ1) is 7.79. The maximum absolute atomic E-state index is 3.38. The highest BCUT2D eigenvalue weighted by molar-refractivity contribution is 7.10. The zero-order valence-electron chi connectivity index (χ0n) is 9.73. The Hall–Kier alpha value is -1.12. The maximum Gasteiger partial charge on any atom is 0.0453 e. The molecule has 0 aliphatic heterocycles. The Morgan fingerprint density at radius 3 is 2.75 bits per heavy atom. The van der Waals surface area contributed by atoms with Crippen molar-refractivity contribution in [1.82, 2.24) is 5.32 Å². The summed E-state index contributed by atoms with van der Waals surface area (Å²) in [5, 5.41) is 5.52. The summed E-state index contributed by atoms with van der Waals surface area (Å²) < 4.78 is 0. The van der Waals surface area contributed by atoms with Crippen LogP contribution in [-0.2, 0) is 6.42 Å². The number of nitrogens with one attached hydrogen (secondary N) is 1. The van der Waals surface area contributed by atoms with Crippen molar-refractivity contribution in [3.8, 4) is 0 Å². The fourth-order valence-electron chi connectivity index (χ4n) is 1.91. The molecule has 1 N–H and O–H groups in total. The molecule has 84 valence electrons. The minimum atomic E-state index is 0.432. The molecule has 0 aliphatic carbocycles. The van der Waals surface area contributed by atoms with Gasteiger partial charge in [-0.1, -0.05) is 35.9 Å². The highest BCUT2D eigenvalue weighted by Gasteiger charge is 2.10. The van der Waals surface area contributed by atoms with Crippen LogP contribution in [-0.4, -0.2) is 7.05 Å². The van der Waals surface area contributed by atoms with E-state index in [0.717, 1.165) is 6.42 Å². The van der Waals surface area contributed by atoms with E-state index in [9.17, 15) is 0 Å². The topological polar surface area (TPSA) is 12.0 Å². The number of hydrogen-bond donors (Lipinski definition) is 1. The SMILES string of the molecule is CNC(Cc1cccc(C)c1)c1cccs1. The lowest BCUT2D eigenvalue weighted by Crippen LogP contribution is -2.17. The predicted octanol–water partition coefficient (Wildman–Crippen LogP) is 3.56. The van der Waals surface area contributed by atoms with Gasteiger partial charge in [-0.15, -0.1) is 11.3 Å². The van der Waals surface area contributed by atoms with Crippen LogP contribution in [0.4, 0.5) is 0 Å². The lowest BCUT2D eigenvalue weighted by molar-refractivity contribution is 0.602. The smallest absolute Gasteiger partial charge is 0.0453 e. The standard InChI is InChI=1S/C14H17NS/c1-11-5-3-6-12(9-11)10-13(15-2)14-7-4-8-16-14/h3-9,13,15H,10H2,1-2H3. The van der Waals surface area contributed by atoms with E-state index in [4.69, 9.17) is 0 Å². The van der Waals surface area contributed by atoms with E-state index in [1.165, 1.54) is 16.0 Å². The normalized spacial score (nSPS) is 12.6. The largest absolute Gasteiger partial charge is 0.312 e. The molecule has 2 rings (SSSR count). The molecule has 0 amide bonds. The summed E-state index contributed by atoms with van der Waals surface area (Å²) in [6.07, 6.45) is 1.05. The number of likely N-dealkylation sites (N-methyl/N-ethyl adjacent to an activating group) is 1. The van der Waals surface area contributed by atoms with Gasteiger partial charge < -0.3 is 5.32 Å². The van der Waals surface area contributed by atoms with Crippen LogP contribution >= 0.6 is 11.3 Å². The second-order valence-corrected chi connectivity index (χ2v) is 5.03. The molecule has 0 bridgehead atoms. The molecule has 16 heavy (non-hydrogen) atoms. The van der Waals surface area contributed by atoms with Gasteiger partial charge in [0.15, 0.2) is 0 Å². The summed E-state index contributed by atoms with van der Waals surface area (Å²) in [5.41, 5.74) is 2.73. The summed E-state index contributed by atoms with van der Waals surface area (Å²) in [6, 6.07) is 13.5. The van der Waals surface area contributed by atoms with E-state index in [-0.39, 0.29) is 0 Å². The summed E-state index contributed by atoms with van der Waals surface area (Å²) in [4.78, 5) is 1.41. The summed E-state index contributed by atoms with van der Waals surface area (Å²) in [7, 11) is 2.03. The molecule has 0 spiro atoms. The lowest BCUT2D eigenvalue weighted by atomic mass is 10.0. The van der Waals surface area contributed by atoms with E-state index < -0.39 is 0 Å². The van der Waals surface area contributed by atoms with Crippen LogP contribution in [0.2, 0.25) is 0 Å². The van der Waals surface area contributed by atoms with Crippen molar-refractivity contribution >= 4 is 11.3 Å². The van der Waals surface area contributed by atoms with Gasteiger partial charge in [0, 0.05) is 10.9 Å². The van der Waals surface area contributed by atoms with Crippen LogP contribution in [0.3, 0.4) is 0 Å². The van der Waals surface area contributed by atoms with E-state index in [1.807, 2.05) is 18.4 Å². The Morgan fingerprint density at radius 1 is 1.25 bits per heavy atom. The van der Waals surface area contributed by atoms with Crippen molar-refractivity contribution in [3.05, 3.63) is 57.8 Å². The summed E-state index contributed by atoms with van der Waals surface area (Å²) >= 11 is 1.82. The average molecular weight is 231 g/mol. The van der Waals surface area contributed by atoms with Gasteiger partial charge in [-0.3, -0.25) is 0 Å². The molecule has 1 heterocycles. The van der Waals surface area contributed by atoms with Crippen LogP contribution in [0.5, 0.6) is 0 Å². The average Bonchev–Trinajstić information content (AvgIpc) is 2.79. The van der Waals surface area contributed by atoms with Crippen molar-refractivity contribution in [2.75, 3.05) is 7.05 Å². The quantitative estimate of drug-likeness (QED) is 0.848. The third kappa shape index (κ3) is 2.71. The van der Waals surface area contributed by atoms with Gasteiger partial charge in [-0.2, -0.15) is 0 Å². The molecule has 0 saturated carbocycles. The second-order valence-electron chi connectivity index (χ2n) is 4.05. The molecule has 1 unspecified atom stereocenters. The predicted molar refractivity (Wildman–Crippen MR) is 71.0 cm³/mol. The number of rotatable bonds is 4. The third-order valence-electron chi connectivity index (χ3n) is 2.76. The Bertz CT molecular complexity index is 434. The van der Waals surface area contributed by atoms with Crippen molar-refractivity contribution in [2.45, 2.75) is 19.4 Å². The Kier molecular flexibility index (Phi) is 3.75. The van der Waals surface area contributed by atoms with Gasteiger partial charge in [-0.25, -0.2) is 0 Å². The van der Waals surface area contributed by atoms with Crippen molar-refractivity contribution in [3.63, 3.8) is 0 Å². The van der Waals surface area contributed by atoms with E-state index in [1.54, 1.807) is 0 Å². The first-order valence-corrected chi connectivity index (χ1v) is 6.44. The second kappa shape index (κ2) is 5.28. The molecule has 0 saturated heterocycles. The van der Waals surface area contributed by atoms with E-state index in [2.05, 4.69) is 54.0 Å². The number of benzene rings is 1. The number of hydrogen-bond acceptors (Lipinski definition) is 2. The van der Waals surface area contributed by atoms with Gasteiger partial charge in [0.05, 0.1) is 0 Å². The van der Waals surface area contributed by atoms with E-state index in [0.29, 0.717) is 6.04 Å². The van der Waals surface area contributed by atoms with Crippen molar-refractivity contribution in [1.29, 1.82) is 0 Å². The Labute approximate surface area is 101 Å². The maximum atomic E-state index is 3.38. The number of aryl methyl sites for hydroxylation is 1. The molecule has 0 fully saturated rings. The summed E-state index contributed by atoms with van der Waals surface area (Å²) in [5.74, 6) is 0. The van der Waals surface area contributed by atoms with Crippen LogP contribution in [0.1, 0.15) is 22.0 Å². The van der Waals surface area contributed by atoms with Crippen LogP contribution in [0.15, 0.2) is 41.8 Å². The molecular weight excluding hydrogens is 214 g/mol. The molecule has 2 heteroatoms. The highest BCUT2D eigenvalue weighted by atomic mass is 32.1. The van der Waals surface area contributed by atoms with E-state index >= 15 is 0 Å². The molecular formula is C14H17NS. The molecule has 1 atom stereocenters. The molecule has 0 radical (unpaired) electrons. The van der Waals surface area contributed by atoms with Gasteiger partial charge >= 0.3 is 0 Å². The highest BCUT2D eigenvalue weighted by Crippen LogP contribution is 2.22. The Morgan fingerprint density at radius 2 is 2.12 bits per heavy atom. The van der Waals surface area contributed by atoms with Gasteiger partial charge in [0.1, 0.15) is 0 Å². The lowest BCUT2D eigenvalue weighted by Gasteiger charge is -2.14. The van der Waals surface area contributed by atoms with Gasteiger partial charge in [0.25, 0.3) is 0 Å². The monoisotopic (exact) mass is 231 g/mol.